The highest BCUT2D eigenvalue weighted by Gasteiger charge is 2.29. The second kappa shape index (κ2) is 5.02. The highest BCUT2D eigenvalue weighted by molar-refractivity contribution is 7.85. The summed E-state index contributed by atoms with van der Waals surface area (Å²) in [6.45, 7) is 9.11. The van der Waals surface area contributed by atoms with Crippen LogP contribution in [0.4, 0.5) is 0 Å². The van der Waals surface area contributed by atoms with Gasteiger partial charge in [0.05, 0.1) is 12.9 Å². The average molecular weight is 249 g/mol. The van der Waals surface area contributed by atoms with E-state index in [9.17, 15) is 8.42 Å². The van der Waals surface area contributed by atoms with Crippen molar-refractivity contribution in [1.82, 2.24) is 4.90 Å². The van der Waals surface area contributed by atoms with E-state index in [4.69, 9.17) is 4.18 Å². The fourth-order valence-corrected chi connectivity index (χ4v) is 2.44. The molecule has 5 heteroatoms. The monoisotopic (exact) mass is 249 g/mol. The van der Waals surface area contributed by atoms with E-state index in [0.29, 0.717) is 12.5 Å². The number of rotatable bonds is 4. The molecule has 0 amide bonds. The van der Waals surface area contributed by atoms with Gasteiger partial charge >= 0.3 is 0 Å². The molecule has 4 nitrogen and oxygen atoms in total. The van der Waals surface area contributed by atoms with Crippen molar-refractivity contribution < 1.29 is 12.6 Å². The second-order valence-electron chi connectivity index (χ2n) is 5.59. The van der Waals surface area contributed by atoms with Gasteiger partial charge in [-0.15, -0.1) is 0 Å². The van der Waals surface area contributed by atoms with Gasteiger partial charge in [0.25, 0.3) is 10.1 Å². The van der Waals surface area contributed by atoms with Gasteiger partial charge in [0.1, 0.15) is 0 Å². The number of hydrogen-bond acceptors (Lipinski definition) is 4. The van der Waals surface area contributed by atoms with Gasteiger partial charge in [-0.1, -0.05) is 0 Å². The predicted octanol–water partition coefficient (Wildman–Crippen LogP) is 1.47. The Labute approximate surface area is 99.1 Å². The van der Waals surface area contributed by atoms with Crippen LogP contribution in [-0.4, -0.2) is 44.8 Å². The largest absolute Gasteiger partial charge is 0.298 e. The van der Waals surface area contributed by atoms with Gasteiger partial charge in [-0.3, -0.25) is 9.08 Å². The van der Waals surface area contributed by atoms with Crippen LogP contribution in [0.2, 0.25) is 0 Å². The van der Waals surface area contributed by atoms with E-state index in [2.05, 4.69) is 25.7 Å². The minimum absolute atomic E-state index is 0.215. The molecule has 0 N–H and O–H groups in total. The fourth-order valence-electron chi connectivity index (χ4n) is 2.04. The Bertz CT molecular complexity index is 319. The summed E-state index contributed by atoms with van der Waals surface area (Å²) in [6.07, 6.45) is 3.08. The van der Waals surface area contributed by atoms with Crippen molar-refractivity contribution in [2.75, 3.05) is 26.0 Å². The Morgan fingerprint density at radius 3 is 2.44 bits per heavy atom. The maximum Gasteiger partial charge on any atom is 0.264 e. The van der Waals surface area contributed by atoms with Crippen molar-refractivity contribution in [3.05, 3.63) is 0 Å². The molecule has 0 aromatic rings. The molecule has 16 heavy (non-hydrogen) atoms. The Balaban J connectivity index is 2.27. The van der Waals surface area contributed by atoms with E-state index < -0.39 is 10.1 Å². The Morgan fingerprint density at radius 2 is 2.00 bits per heavy atom. The molecule has 0 bridgehead atoms. The predicted molar refractivity (Wildman–Crippen MR) is 64.8 cm³/mol. The lowest BCUT2D eigenvalue weighted by Gasteiger charge is -2.31. The van der Waals surface area contributed by atoms with Gasteiger partial charge in [-0.25, -0.2) is 0 Å². The summed E-state index contributed by atoms with van der Waals surface area (Å²) in [5.41, 5.74) is 0.215. The van der Waals surface area contributed by atoms with Crippen LogP contribution in [0.1, 0.15) is 33.6 Å². The average Bonchev–Trinajstić information content (AvgIpc) is 2.49. The minimum atomic E-state index is -3.27. The molecule has 1 fully saturated rings. The molecule has 1 aliphatic heterocycles. The van der Waals surface area contributed by atoms with Gasteiger partial charge in [-0.05, 0) is 46.1 Å². The topological polar surface area (TPSA) is 46.6 Å². The molecular weight excluding hydrogens is 226 g/mol. The first-order chi connectivity index (χ1) is 7.18. The van der Waals surface area contributed by atoms with E-state index in [1.165, 1.54) is 0 Å². The zero-order valence-electron chi connectivity index (χ0n) is 10.7. The van der Waals surface area contributed by atoms with Crippen LogP contribution < -0.4 is 0 Å². The molecule has 0 aromatic heterocycles. The van der Waals surface area contributed by atoms with Gasteiger partial charge in [0.15, 0.2) is 0 Å². The third-order valence-electron chi connectivity index (χ3n) is 3.06. The first-order valence-corrected chi connectivity index (χ1v) is 7.59. The van der Waals surface area contributed by atoms with Crippen LogP contribution in [0, 0.1) is 5.92 Å². The molecule has 0 aromatic carbocycles. The molecule has 1 saturated heterocycles. The number of likely N-dealkylation sites (tertiary alicyclic amines) is 1. The normalized spacial score (nSPS) is 23.9. The van der Waals surface area contributed by atoms with Crippen molar-refractivity contribution in [3.63, 3.8) is 0 Å². The van der Waals surface area contributed by atoms with Gasteiger partial charge < -0.3 is 0 Å². The summed E-state index contributed by atoms with van der Waals surface area (Å²) in [4.78, 5) is 2.44. The molecular formula is C11H23NO3S. The summed E-state index contributed by atoms with van der Waals surface area (Å²) in [5, 5.41) is 0. The van der Waals surface area contributed by atoms with E-state index >= 15 is 0 Å². The maximum atomic E-state index is 10.8. The first-order valence-electron chi connectivity index (χ1n) is 5.78. The highest BCUT2D eigenvalue weighted by Crippen LogP contribution is 2.26. The molecule has 0 radical (unpaired) electrons. The Hall–Kier alpha value is -0.130. The Morgan fingerprint density at radius 1 is 1.38 bits per heavy atom. The molecule has 1 atom stereocenters. The summed E-state index contributed by atoms with van der Waals surface area (Å²) in [5.74, 6) is 0.570. The van der Waals surface area contributed by atoms with Crippen molar-refractivity contribution in [2.45, 2.75) is 39.2 Å². The van der Waals surface area contributed by atoms with Crippen molar-refractivity contribution in [3.8, 4) is 0 Å². The molecule has 0 unspecified atom stereocenters. The third-order valence-corrected chi connectivity index (χ3v) is 3.65. The van der Waals surface area contributed by atoms with Crippen LogP contribution in [0.15, 0.2) is 0 Å². The van der Waals surface area contributed by atoms with E-state index in [-0.39, 0.29) is 5.54 Å². The molecule has 1 rings (SSSR count). The maximum absolute atomic E-state index is 10.8. The molecule has 0 spiro atoms. The molecule has 1 aliphatic rings. The first kappa shape index (κ1) is 13.9. The summed E-state index contributed by atoms with van der Waals surface area (Å²) in [7, 11) is -3.27. The highest BCUT2D eigenvalue weighted by atomic mass is 32.2. The van der Waals surface area contributed by atoms with E-state index in [1.54, 1.807) is 0 Å². The quantitative estimate of drug-likeness (QED) is 0.708. The lowest BCUT2D eigenvalue weighted by Crippen LogP contribution is -2.39. The zero-order chi connectivity index (χ0) is 12.4. The molecule has 0 aliphatic carbocycles. The number of hydrogen-bond donors (Lipinski definition) is 0. The lowest BCUT2D eigenvalue weighted by molar-refractivity contribution is 0.164. The Kier molecular flexibility index (Phi) is 4.37. The van der Waals surface area contributed by atoms with Crippen LogP contribution in [-0.2, 0) is 14.3 Å². The summed E-state index contributed by atoms with van der Waals surface area (Å²) in [6, 6.07) is 0. The van der Waals surface area contributed by atoms with E-state index in [0.717, 1.165) is 32.2 Å². The summed E-state index contributed by atoms with van der Waals surface area (Å²) >= 11 is 0. The summed E-state index contributed by atoms with van der Waals surface area (Å²) < 4.78 is 26.4. The van der Waals surface area contributed by atoms with Crippen molar-refractivity contribution in [1.29, 1.82) is 0 Å². The third kappa shape index (κ3) is 4.80. The zero-order valence-corrected chi connectivity index (χ0v) is 11.5. The van der Waals surface area contributed by atoms with Crippen LogP contribution in [0.3, 0.4) is 0 Å². The van der Waals surface area contributed by atoms with Gasteiger partial charge in [0.2, 0.25) is 0 Å². The minimum Gasteiger partial charge on any atom is -0.298 e. The van der Waals surface area contributed by atoms with Gasteiger partial charge in [0, 0.05) is 12.1 Å². The van der Waals surface area contributed by atoms with Crippen LogP contribution >= 0.6 is 0 Å². The number of nitrogens with zero attached hydrogens (tertiary/aromatic N) is 1. The molecule has 0 saturated carbocycles. The van der Waals surface area contributed by atoms with Crippen LogP contribution in [0.5, 0.6) is 0 Å². The van der Waals surface area contributed by atoms with Gasteiger partial charge in [-0.2, -0.15) is 8.42 Å². The lowest BCUT2D eigenvalue weighted by atomic mass is 10.0. The smallest absolute Gasteiger partial charge is 0.264 e. The SMILES string of the molecule is CC(C)(C)N1CC[C@H](CCOS(C)(=O)=O)C1. The van der Waals surface area contributed by atoms with Crippen molar-refractivity contribution >= 4 is 10.1 Å². The molecule has 96 valence electrons. The van der Waals surface area contributed by atoms with Crippen molar-refractivity contribution in [2.24, 2.45) is 5.92 Å². The standard InChI is InChI=1S/C11H23NO3S/c1-11(2,3)12-7-5-10(9-12)6-8-15-16(4,13)14/h10H,5-9H2,1-4H3/t10-/m1/s1. The van der Waals surface area contributed by atoms with E-state index in [1.807, 2.05) is 0 Å². The fraction of sp³-hybridized carbons (Fsp3) is 1.00. The second-order valence-corrected chi connectivity index (χ2v) is 7.23. The molecule has 1 heterocycles. The van der Waals surface area contributed by atoms with Crippen LogP contribution in [0.25, 0.3) is 0 Å².